The number of hydrogen-bond donors (Lipinski definition) is 0. The lowest BCUT2D eigenvalue weighted by atomic mass is 10.4. The van der Waals surface area contributed by atoms with E-state index in [1.165, 1.54) is 0 Å². The van der Waals surface area contributed by atoms with Crippen LogP contribution in [0.5, 0.6) is 0 Å². The van der Waals surface area contributed by atoms with Crippen molar-refractivity contribution in [3.8, 4) is 0 Å². The molecule has 2 heteroatoms. The topological polar surface area (TPSA) is 12.5 Å². The van der Waals surface area contributed by atoms with Crippen LogP contribution < -0.4 is 0 Å². The first-order chi connectivity index (χ1) is 4.43. The second-order valence-electron chi connectivity index (χ2n) is 2.31. The van der Waals surface area contributed by atoms with E-state index < -0.39 is 0 Å². The predicted octanol–water partition coefficient (Wildman–Crippen LogP) is 0.543. The van der Waals surface area contributed by atoms with Gasteiger partial charge < -0.3 is 9.64 Å². The lowest BCUT2D eigenvalue weighted by Crippen LogP contribution is -2.25. The summed E-state index contributed by atoms with van der Waals surface area (Å²) in [5.41, 5.74) is 0. The first-order valence-corrected chi connectivity index (χ1v) is 3.53. The Morgan fingerprint density at radius 1 is 1.33 bits per heavy atom. The molecule has 2 nitrogen and oxygen atoms in total. The third-order valence-corrected chi connectivity index (χ3v) is 1.63. The maximum absolute atomic E-state index is 5.26. The van der Waals surface area contributed by atoms with E-state index in [4.69, 9.17) is 4.74 Å². The van der Waals surface area contributed by atoms with Crippen LogP contribution in [0.3, 0.4) is 0 Å². The molecule has 1 fully saturated rings. The van der Waals surface area contributed by atoms with Crippen molar-refractivity contribution >= 4 is 0 Å². The van der Waals surface area contributed by atoms with Gasteiger partial charge in [0.15, 0.2) is 0 Å². The van der Waals surface area contributed by atoms with E-state index >= 15 is 0 Å². The molecule has 0 amide bonds. The predicted molar refractivity (Wildman–Crippen MR) is 37.2 cm³/mol. The van der Waals surface area contributed by atoms with Gasteiger partial charge in [-0.1, -0.05) is 0 Å². The summed E-state index contributed by atoms with van der Waals surface area (Å²) in [6.07, 6.45) is 1.16. The Bertz CT molecular complexity index is 67.3. The van der Waals surface area contributed by atoms with Crippen molar-refractivity contribution in [2.75, 3.05) is 32.8 Å². The van der Waals surface area contributed by atoms with Crippen LogP contribution in [0.2, 0.25) is 0 Å². The summed E-state index contributed by atoms with van der Waals surface area (Å²) in [7, 11) is 0. The first kappa shape index (κ1) is 7.03. The molecule has 1 rings (SSSR count). The third-order valence-electron chi connectivity index (χ3n) is 1.63. The fourth-order valence-electron chi connectivity index (χ4n) is 1.02. The standard InChI is InChI=1S/C7H14NO/c1-2-8-4-3-6-9-7-5-8/h1-7H2. The average molecular weight is 128 g/mol. The Kier molecular flexibility index (Phi) is 3.01. The fraction of sp³-hybridized carbons (Fsp3) is 0.857. The average Bonchev–Trinajstić information content (AvgIpc) is 2.13. The van der Waals surface area contributed by atoms with Crippen molar-refractivity contribution < 1.29 is 4.74 Å². The smallest absolute Gasteiger partial charge is 0.0593 e. The normalized spacial score (nSPS) is 23.7. The van der Waals surface area contributed by atoms with Crippen LogP contribution in [-0.4, -0.2) is 37.7 Å². The Hall–Kier alpha value is -0.0800. The Labute approximate surface area is 56.8 Å². The highest BCUT2D eigenvalue weighted by molar-refractivity contribution is 4.60. The van der Waals surface area contributed by atoms with E-state index in [9.17, 15) is 0 Å². The second-order valence-corrected chi connectivity index (χ2v) is 2.31. The lowest BCUT2D eigenvalue weighted by Gasteiger charge is -2.14. The third kappa shape index (κ3) is 2.33. The molecule has 0 saturated carbocycles. The molecule has 1 aliphatic rings. The van der Waals surface area contributed by atoms with Crippen LogP contribution in [0.1, 0.15) is 6.42 Å². The largest absolute Gasteiger partial charge is 0.380 e. The highest BCUT2D eigenvalue weighted by Gasteiger charge is 2.04. The molecule has 0 aromatic heterocycles. The molecular formula is C7H14NO. The molecule has 0 aliphatic carbocycles. The van der Waals surface area contributed by atoms with Crippen molar-refractivity contribution in [1.29, 1.82) is 0 Å². The molecule has 0 aromatic rings. The minimum absolute atomic E-state index is 0.884. The van der Waals surface area contributed by atoms with Crippen molar-refractivity contribution in [1.82, 2.24) is 4.90 Å². The minimum atomic E-state index is 0.884. The molecule has 0 unspecified atom stereocenters. The van der Waals surface area contributed by atoms with Gasteiger partial charge in [-0.05, 0) is 19.9 Å². The van der Waals surface area contributed by atoms with Gasteiger partial charge in [0.2, 0.25) is 0 Å². The van der Waals surface area contributed by atoms with Crippen molar-refractivity contribution in [3.05, 3.63) is 6.92 Å². The van der Waals surface area contributed by atoms with Crippen LogP contribution in [0.4, 0.5) is 0 Å². The molecule has 53 valence electrons. The molecule has 0 N–H and O–H groups in total. The molecule has 0 atom stereocenters. The van der Waals surface area contributed by atoms with Gasteiger partial charge in [0.25, 0.3) is 0 Å². The summed E-state index contributed by atoms with van der Waals surface area (Å²) >= 11 is 0. The van der Waals surface area contributed by atoms with E-state index in [1.54, 1.807) is 0 Å². The lowest BCUT2D eigenvalue weighted by molar-refractivity contribution is 0.143. The van der Waals surface area contributed by atoms with Gasteiger partial charge in [0.1, 0.15) is 0 Å². The molecule has 0 spiro atoms. The van der Waals surface area contributed by atoms with E-state index in [0.717, 1.165) is 39.3 Å². The minimum Gasteiger partial charge on any atom is -0.380 e. The molecule has 0 bridgehead atoms. The van der Waals surface area contributed by atoms with Gasteiger partial charge in [-0.2, -0.15) is 0 Å². The SMILES string of the molecule is [CH2]CN1CCCOCC1. The van der Waals surface area contributed by atoms with Gasteiger partial charge >= 0.3 is 0 Å². The summed E-state index contributed by atoms with van der Waals surface area (Å²) in [6, 6.07) is 0. The Balaban J connectivity index is 2.18. The quantitative estimate of drug-likeness (QED) is 0.511. The van der Waals surface area contributed by atoms with Crippen LogP contribution >= 0.6 is 0 Å². The van der Waals surface area contributed by atoms with Crippen molar-refractivity contribution in [2.24, 2.45) is 0 Å². The number of nitrogens with zero attached hydrogens (tertiary/aromatic N) is 1. The van der Waals surface area contributed by atoms with Gasteiger partial charge in [0.05, 0.1) is 6.61 Å². The van der Waals surface area contributed by atoms with Gasteiger partial charge in [0, 0.05) is 19.7 Å². The molecule has 1 saturated heterocycles. The summed E-state index contributed by atoms with van der Waals surface area (Å²) in [5.74, 6) is 0. The molecule has 1 heterocycles. The zero-order chi connectivity index (χ0) is 6.53. The molecule has 1 aliphatic heterocycles. The van der Waals surface area contributed by atoms with E-state index in [1.807, 2.05) is 0 Å². The summed E-state index contributed by atoms with van der Waals surface area (Å²) in [4.78, 5) is 2.31. The number of ether oxygens (including phenoxy) is 1. The van der Waals surface area contributed by atoms with Crippen molar-refractivity contribution in [2.45, 2.75) is 6.42 Å². The fourth-order valence-corrected chi connectivity index (χ4v) is 1.02. The van der Waals surface area contributed by atoms with Crippen LogP contribution in [-0.2, 0) is 4.74 Å². The maximum Gasteiger partial charge on any atom is 0.0593 e. The summed E-state index contributed by atoms with van der Waals surface area (Å²) in [5, 5.41) is 0. The highest BCUT2D eigenvalue weighted by Crippen LogP contribution is 1.96. The summed E-state index contributed by atoms with van der Waals surface area (Å²) in [6.45, 7) is 8.77. The van der Waals surface area contributed by atoms with Gasteiger partial charge in [-0.25, -0.2) is 0 Å². The highest BCUT2D eigenvalue weighted by atomic mass is 16.5. The van der Waals surface area contributed by atoms with Gasteiger partial charge in [-0.3, -0.25) is 0 Å². The maximum atomic E-state index is 5.26. The zero-order valence-electron chi connectivity index (χ0n) is 5.81. The second kappa shape index (κ2) is 3.85. The van der Waals surface area contributed by atoms with Crippen molar-refractivity contribution in [3.63, 3.8) is 0 Å². The molecule has 1 radical (unpaired) electrons. The zero-order valence-corrected chi connectivity index (χ0v) is 5.81. The molecule has 0 aromatic carbocycles. The Morgan fingerprint density at radius 3 is 3.00 bits per heavy atom. The molecule has 9 heavy (non-hydrogen) atoms. The summed E-state index contributed by atoms with van der Waals surface area (Å²) < 4.78 is 5.26. The van der Waals surface area contributed by atoms with E-state index in [2.05, 4.69) is 11.8 Å². The van der Waals surface area contributed by atoms with Crippen LogP contribution in [0.15, 0.2) is 0 Å². The van der Waals surface area contributed by atoms with E-state index in [0.29, 0.717) is 0 Å². The van der Waals surface area contributed by atoms with Crippen LogP contribution in [0.25, 0.3) is 0 Å². The number of hydrogen-bond acceptors (Lipinski definition) is 2. The van der Waals surface area contributed by atoms with Gasteiger partial charge in [-0.15, -0.1) is 0 Å². The Morgan fingerprint density at radius 2 is 2.22 bits per heavy atom. The number of rotatable bonds is 1. The van der Waals surface area contributed by atoms with Crippen LogP contribution in [0, 0.1) is 6.92 Å². The first-order valence-electron chi connectivity index (χ1n) is 3.53. The monoisotopic (exact) mass is 128 g/mol. The van der Waals surface area contributed by atoms with E-state index in [-0.39, 0.29) is 0 Å². The molecular weight excluding hydrogens is 114 g/mol.